The van der Waals surface area contributed by atoms with Crippen LogP contribution in [0.1, 0.15) is 5.56 Å². The third-order valence-corrected chi connectivity index (χ3v) is 3.72. The highest BCUT2D eigenvalue weighted by atomic mass is 79.9. The highest BCUT2D eigenvalue weighted by molar-refractivity contribution is 9.10. The lowest BCUT2D eigenvalue weighted by atomic mass is 9.99. The van der Waals surface area contributed by atoms with Crippen molar-refractivity contribution in [3.63, 3.8) is 0 Å². The van der Waals surface area contributed by atoms with Crippen molar-refractivity contribution in [2.75, 3.05) is 14.2 Å². The molecule has 0 aliphatic carbocycles. The van der Waals surface area contributed by atoms with Crippen molar-refractivity contribution in [2.45, 2.75) is 0 Å². The van der Waals surface area contributed by atoms with Crippen molar-refractivity contribution < 1.29 is 9.47 Å². The normalized spacial score (nSPS) is 10.1. The van der Waals surface area contributed by atoms with Gasteiger partial charge in [0.15, 0.2) is 0 Å². The maximum atomic E-state index is 5.37. The van der Waals surface area contributed by atoms with Crippen molar-refractivity contribution in [1.82, 2.24) is 0 Å². The van der Waals surface area contributed by atoms with Crippen LogP contribution >= 0.6 is 15.9 Å². The van der Waals surface area contributed by atoms with Crippen LogP contribution in [-0.2, 0) is 0 Å². The van der Waals surface area contributed by atoms with E-state index in [4.69, 9.17) is 9.47 Å². The Balaban J connectivity index is 2.65. The van der Waals surface area contributed by atoms with E-state index in [-0.39, 0.29) is 0 Å². The van der Waals surface area contributed by atoms with Gasteiger partial charge < -0.3 is 9.47 Å². The van der Waals surface area contributed by atoms with Crippen LogP contribution in [0, 0.1) is 0 Å². The largest absolute Gasteiger partial charge is 0.495 e. The second kappa shape index (κ2) is 5.93. The number of hydrogen-bond acceptors (Lipinski definition) is 2. The average molecular weight is 319 g/mol. The number of rotatable bonds is 4. The van der Waals surface area contributed by atoms with E-state index in [1.54, 1.807) is 14.2 Å². The van der Waals surface area contributed by atoms with E-state index in [9.17, 15) is 0 Å². The van der Waals surface area contributed by atoms with E-state index in [1.165, 1.54) is 0 Å². The average Bonchev–Trinajstić information content (AvgIpc) is 2.47. The zero-order valence-electron chi connectivity index (χ0n) is 10.9. The molecule has 0 saturated heterocycles. The van der Waals surface area contributed by atoms with Gasteiger partial charge in [-0.3, -0.25) is 0 Å². The van der Waals surface area contributed by atoms with Gasteiger partial charge in [0, 0.05) is 0 Å². The zero-order chi connectivity index (χ0) is 13.8. The van der Waals surface area contributed by atoms with Crippen LogP contribution in [0.15, 0.2) is 47.4 Å². The zero-order valence-corrected chi connectivity index (χ0v) is 12.5. The molecule has 0 heterocycles. The molecule has 2 nitrogen and oxygen atoms in total. The van der Waals surface area contributed by atoms with Crippen LogP contribution in [0.5, 0.6) is 11.5 Å². The van der Waals surface area contributed by atoms with Gasteiger partial charge in [0.25, 0.3) is 0 Å². The minimum atomic E-state index is 0.744. The molecule has 0 amide bonds. The number of methoxy groups -OCH3 is 2. The molecule has 2 rings (SSSR count). The maximum absolute atomic E-state index is 5.37. The Morgan fingerprint density at radius 2 is 1.63 bits per heavy atom. The van der Waals surface area contributed by atoms with E-state index in [2.05, 4.69) is 28.6 Å². The first kappa shape index (κ1) is 13.7. The predicted molar refractivity (Wildman–Crippen MR) is 82.8 cm³/mol. The van der Waals surface area contributed by atoms with Crippen molar-refractivity contribution in [3.05, 3.63) is 53.0 Å². The lowest BCUT2D eigenvalue weighted by molar-refractivity contribution is 0.390. The lowest BCUT2D eigenvalue weighted by Crippen LogP contribution is -1.92. The minimum Gasteiger partial charge on any atom is -0.495 e. The van der Waals surface area contributed by atoms with Gasteiger partial charge in [-0.05, 0) is 44.8 Å². The topological polar surface area (TPSA) is 18.5 Å². The van der Waals surface area contributed by atoms with Crippen LogP contribution < -0.4 is 9.47 Å². The van der Waals surface area contributed by atoms with E-state index < -0.39 is 0 Å². The van der Waals surface area contributed by atoms with Gasteiger partial charge in [0.2, 0.25) is 0 Å². The molecule has 0 N–H and O–H groups in total. The molecule has 0 aromatic heterocycles. The fourth-order valence-corrected chi connectivity index (χ4v) is 2.52. The smallest absolute Gasteiger partial charge is 0.137 e. The molecular formula is C16H15BrO2. The monoisotopic (exact) mass is 318 g/mol. The molecule has 0 spiro atoms. The maximum Gasteiger partial charge on any atom is 0.137 e. The molecule has 2 aromatic rings. The Hall–Kier alpha value is -1.74. The van der Waals surface area contributed by atoms with Crippen molar-refractivity contribution in [1.29, 1.82) is 0 Å². The first-order valence-electron chi connectivity index (χ1n) is 5.84. The summed E-state index contributed by atoms with van der Waals surface area (Å²) in [5.74, 6) is 1.49. The molecule has 0 bridgehead atoms. The Labute approximate surface area is 121 Å². The quantitative estimate of drug-likeness (QED) is 0.808. The first-order valence-corrected chi connectivity index (χ1v) is 6.64. The van der Waals surface area contributed by atoms with Gasteiger partial charge in [0.1, 0.15) is 16.0 Å². The summed E-state index contributed by atoms with van der Waals surface area (Å²) in [5, 5.41) is 0. The highest BCUT2D eigenvalue weighted by Crippen LogP contribution is 2.39. The number of hydrogen-bond donors (Lipinski definition) is 0. The second-order valence-electron chi connectivity index (χ2n) is 3.99. The van der Waals surface area contributed by atoms with Gasteiger partial charge in [0.05, 0.1) is 14.2 Å². The highest BCUT2D eigenvalue weighted by Gasteiger charge is 2.12. The fourth-order valence-electron chi connectivity index (χ4n) is 1.96. The van der Waals surface area contributed by atoms with Crippen molar-refractivity contribution in [3.8, 4) is 22.6 Å². The summed E-state index contributed by atoms with van der Waals surface area (Å²) in [6.45, 7) is 3.85. The second-order valence-corrected chi connectivity index (χ2v) is 4.78. The number of benzene rings is 2. The summed E-state index contributed by atoms with van der Waals surface area (Å²) in [4.78, 5) is 0. The molecule has 0 fully saturated rings. The molecule has 3 heteroatoms. The summed E-state index contributed by atoms with van der Waals surface area (Å²) < 4.78 is 11.6. The Morgan fingerprint density at radius 1 is 1.05 bits per heavy atom. The Kier molecular flexibility index (Phi) is 4.27. The first-order chi connectivity index (χ1) is 9.21. The molecule has 0 atom stereocenters. The molecule has 0 aliphatic heterocycles. The van der Waals surface area contributed by atoms with Crippen molar-refractivity contribution in [2.24, 2.45) is 0 Å². The SMILES string of the molecule is C=Cc1ccccc1-c1cc(OC)c(Br)c(OC)c1. The van der Waals surface area contributed by atoms with E-state index in [0.717, 1.165) is 32.7 Å². The number of ether oxygens (including phenoxy) is 2. The third-order valence-electron chi connectivity index (χ3n) is 2.94. The van der Waals surface area contributed by atoms with Gasteiger partial charge >= 0.3 is 0 Å². The van der Waals surface area contributed by atoms with Gasteiger partial charge in [-0.15, -0.1) is 0 Å². The summed E-state index contributed by atoms with van der Waals surface area (Å²) in [5.41, 5.74) is 3.21. The molecule has 0 unspecified atom stereocenters. The molecule has 0 aliphatic rings. The predicted octanol–water partition coefficient (Wildman–Crippen LogP) is 4.78. The summed E-state index contributed by atoms with van der Waals surface area (Å²) >= 11 is 3.47. The van der Waals surface area contributed by atoms with Crippen LogP contribution in [-0.4, -0.2) is 14.2 Å². The van der Waals surface area contributed by atoms with Crippen LogP contribution in [0.4, 0.5) is 0 Å². The number of halogens is 1. The Bertz CT molecular complexity index is 580. The van der Waals surface area contributed by atoms with Crippen LogP contribution in [0.3, 0.4) is 0 Å². The fraction of sp³-hybridized carbons (Fsp3) is 0.125. The van der Waals surface area contributed by atoms with Crippen LogP contribution in [0.25, 0.3) is 17.2 Å². The van der Waals surface area contributed by atoms with Gasteiger partial charge in [-0.25, -0.2) is 0 Å². The van der Waals surface area contributed by atoms with Crippen molar-refractivity contribution >= 4 is 22.0 Å². The standard InChI is InChI=1S/C16H15BrO2/c1-4-11-7-5-6-8-13(11)12-9-14(18-2)16(17)15(10-12)19-3/h4-10H,1H2,2-3H3. The molecule has 0 saturated carbocycles. The summed E-state index contributed by atoms with van der Waals surface area (Å²) in [7, 11) is 3.28. The van der Waals surface area contributed by atoms with Gasteiger partial charge in [-0.1, -0.05) is 36.9 Å². The Morgan fingerprint density at radius 3 is 2.16 bits per heavy atom. The van der Waals surface area contributed by atoms with E-state index >= 15 is 0 Å². The van der Waals surface area contributed by atoms with E-state index in [0.29, 0.717) is 0 Å². The van der Waals surface area contributed by atoms with E-state index in [1.807, 2.05) is 36.4 Å². The molecule has 0 radical (unpaired) electrons. The molecule has 98 valence electrons. The third kappa shape index (κ3) is 2.66. The van der Waals surface area contributed by atoms with Gasteiger partial charge in [-0.2, -0.15) is 0 Å². The molecule has 19 heavy (non-hydrogen) atoms. The minimum absolute atomic E-state index is 0.744. The lowest BCUT2D eigenvalue weighted by Gasteiger charge is -2.13. The summed E-state index contributed by atoms with van der Waals surface area (Å²) in [6.07, 6.45) is 1.84. The summed E-state index contributed by atoms with van der Waals surface area (Å²) in [6, 6.07) is 12.0. The molecular weight excluding hydrogens is 304 g/mol. The van der Waals surface area contributed by atoms with Crippen LogP contribution in [0.2, 0.25) is 0 Å². The molecule has 2 aromatic carbocycles.